The second kappa shape index (κ2) is 7.98. The van der Waals surface area contributed by atoms with Gasteiger partial charge in [-0.05, 0) is 25.1 Å². The minimum Gasteiger partial charge on any atom is -0.465 e. The summed E-state index contributed by atoms with van der Waals surface area (Å²) in [5, 5.41) is 6.38. The van der Waals surface area contributed by atoms with E-state index in [-0.39, 0.29) is 5.88 Å². The van der Waals surface area contributed by atoms with E-state index in [9.17, 15) is 9.59 Å². The van der Waals surface area contributed by atoms with E-state index < -0.39 is 18.5 Å². The lowest BCUT2D eigenvalue weighted by atomic mass is 10.1. The minimum atomic E-state index is -0.658. The van der Waals surface area contributed by atoms with Crippen molar-refractivity contribution < 1.29 is 23.3 Å². The third kappa shape index (κ3) is 4.70. The Kier molecular flexibility index (Phi) is 5.28. The van der Waals surface area contributed by atoms with E-state index in [0.717, 1.165) is 11.1 Å². The Hall–Kier alpha value is -3.61. The SMILES string of the molecule is Cc1ccc(-c2cc(NC(=O)COC(=O)/C=C/c3ccco3)on2)cc1. The molecular formula is C19H16N2O5. The molecule has 7 nitrogen and oxygen atoms in total. The van der Waals surface area contributed by atoms with Gasteiger partial charge in [0.05, 0.1) is 6.26 Å². The summed E-state index contributed by atoms with van der Waals surface area (Å²) >= 11 is 0. The van der Waals surface area contributed by atoms with Crippen molar-refractivity contribution >= 4 is 23.8 Å². The number of rotatable bonds is 6. The first kappa shape index (κ1) is 17.2. The number of benzene rings is 1. The number of anilines is 1. The number of nitrogens with zero attached hydrogens (tertiary/aromatic N) is 1. The molecule has 26 heavy (non-hydrogen) atoms. The van der Waals surface area contributed by atoms with Crippen LogP contribution in [0.4, 0.5) is 5.88 Å². The Balaban J connectivity index is 1.49. The molecule has 2 heterocycles. The maximum Gasteiger partial charge on any atom is 0.331 e. The summed E-state index contributed by atoms with van der Waals surface area (Å²) in [5.74, 6) is -0.504. The molecule has 0 radical (unpaired) electrons. The molecule has 0 fully saturated rings. The van der Waals surface area contributed by atoms with Crippen LogP contribution in [0.25, 0.3) is 17.3 Å². The Bertz CT molecular complexity index is 908. The maximum absolute atomic E-state index is 11.8. The van der Waals surface area contributed by atoms with Crippen LogP contribution in [0.5, 0.6) is 0 Å². The van der Waals surface area contributed by atoms with Gasteiger partial charge >= 0.3 is 5.97 Å². The van der Waals surface area contributed by atoms with E-state index >= 15 is 0 Å². The number of amides is 1. The second-order valence-corrected chi connectivity index (χ2v) is 5.45. The number of ether oxygens (including phenoxy) is 1. The van der Waals surface area contributed by atoms with Crippen LogP contribution < -0.4 is 5.32 Å². The van der Waals surface area contributed by atoms with Crippen LogP contribution in [0, 0.1) is 6.92 Å². The molecule has 0 saturated heterocycles. The van der Waals surface area contributed by atoms with Crippen molar-refractivity contribution in [2.75, 3.05) is 11.9 Å². The molecule has 0 aliphatic heterocycles. The Morgan fingerprint density at radius 1 is 1.23 bits per heavy atom. The minimum absolute atomic E-state index is 0.174. The quantitative estimate of drug-likeness (QED) is 0.539. The summed E-state index contributed by atoms with van der Waals surface area (Å²) in [6.45, 7) is 1.55. The molecule has 0 aliphatic rings. The molecule has 0 bridgehead atoms. The van der Waals surface area contributed by atoms with E-state index in [1.807, 2.05) is 31.2 Å². The number of carbonyl (C=O) groups is 2. The van der Waals surface area contributed by atoms with Gasteiger partial charge in [-0.1, -0.05) is 35.0 Å². The predicted molar refractivity (Wildman–Crippen MR) is 94.0 cm³/mol. The molecule has 3 aromatic rings. The molecule has 7 heteroatoms. The molecule has 0 saturated carbocycles. The van der Waals surface area contributed by atoms with Crippen LogP contribution in [-0.4, -0.2) is 23.6 Å². The van der Waals surface area contributed by atoms with Crippen molar-refractivity contribution in [3.05, 3.63) is 66.1 Å². The highest BCUT2D eigenvalue weighted by atomic mass is 16.5. The predicted octanol–water partition coefficient (Wildman–Crippen LogP) is 3.44. The Morgan fingerprint density at radius 2 is 2.04 bits per heavy atom. The van der Waals surface area contributed by atoms with Gasteiger partial charge in [-0.3, -0.25) is 10.1 Å². The topological polar surface area (TPSA) is 94.6 Å². The van der Waals surface area contributed by atoms with Crippen molar-refractivity contribution in [1.29, 1.82) is 0 Å². The smallest absolute Gasteiger partial charge is 0.331 e. The Labute approximate surface area is 149 Å². The van der Waals surface area contributed by atoms with E-state index in [2.05, 4.69) is 10.5 Å². The molecule has 1 aromatic carbocycles. The number of esters is 1. The third-order valence-electron chi connectivity index (χ3n) is 3.39. The summed E-state index contributed by atoms with van der Waals surface area (Å²) in [7, 11) is 0. The summed E-state index contributed by atoms with van der Waals surface area (Å²) < 4.78 is 15.0. The van der Waals surface area contributed by atoms with Gasteiger partial charge in [0.1, 0.15) is 11.5 Å². The monoisotopic (exact) mass is 352 g/mol. The molecule has 3 rings (SSSR count). The van der Waals surface area contributed by atoms with Crippen LogP contribution >= 0.6 is 0 Å². The summed E-state index contributed by atoms with van der Waals surface area (Å²) in [6, 6.07) is 12.7. The van der Waals surface area contributed by atoms with Crippen LogP contribution in [0.2, 0.25) is 0 Å². The zero-order valence-electron chi connectivity index (χ0n) is 14.0. The van der Waals surface area contributed by atoms with E-state index in [4.69, 9.17) is 13.7 Å². The second-order valence-electron chi connectivity index (χ2n) is 5.45. The van der Waals surface area contributed by atoms with Crippen LogP contribution in [0.3, 0.4) is 0 Å². The molecule has 1 N–H and O–H groups in total. The first-order chi connectivity index (χ1) is 12.6. The number of hydrogen-bond acceptors (Lipinski definition) is 6. The molecule has 0 aliphatic carbocycles. The zero-order valence-corrected chi connectivity index (χ0v) is 14.0. The van der Waals surface area contributed by atoms with Crippen molar-refractivity contribution in [2.45, 2.75) is 6.92 Å². The van der Waals surface area contributed by atoms with E-state index in [0.29, 0.717) is 11.5 Å². The molecule has 2 aromatic heterocycles. The summed E-state index contributed by atoms with van der Waals surface area (Å²) in [6.07, 6.45) is 4.11. The fourth-order valence-electron chi connectivity index (χ4n) is 2.09. The molecule has 0 spiro atoms. The lowest BCUT2D eigenvalue weighted by Crippen LogP contribution is -2.19. The van der Waals surface area contributed by atoms with Crippen LogP contribution in [-0.2, 0) is 14.3 Å². The largest absolute Gasteiger partial charge is 0.465 e. The van der Waals surface area contributed by atoms with Gasteiger partial charge in [0.25, 0.3) is 5.91 Å². The van der Waals surface area contributed by atoms with E-state index in [1.54, 1.807) is 18.2 Å². The Morgan fingerprint density at radius 3 is 2.77 bits per heavy atom. The number of aromatic nitrogens is 1. The lowest BCUT2D eigenvalue weighted by molar-refractivity contribution is -0.142. The van der Waals surface area contributed by atoms with Crippen molar-refractivity contribution in [2.24, 2.45) is 0 Å². The highest BCUT2D eigenvalue weighted by Gasteiger charge is 2.11. The first-order valence-corrected chi connectivity index (χ1v) is 7.82. The van der Waals surface area contributed by atoms with Crippen molar-refractivity contribution in [3.63, 3.8) is 0 Å². The average molecular weight is 352 g/mol. The van der Waals surface area contributed by atoms with Gasteiger partial charge in [-0.25, -0.2) is 4.79 Å². The van der Waals surface area contributed by atoms with E-state index in [1.165, 1.54) is 18.4 Å². The van der Waals surface area contributed by atoms with Gasteiger partial charge in [0.15, 0.2) is 6.61 Å². The standard InChI is InChI=1S/C19H16N2O5/c1-13-4-6-14(7-5-13)16-11-18(26-21-16)20-17(22)12-25-19(23)9-8-15-3-2-10-24-15/h2-11H,12H2,1H3,(H,20,22)/b9-8+. The maximum atomic E-state index is 11.8. The molecule has 0 unspecified atom stereocenters. The van der Waals surface area contributed by atoms with Gasteiger partial charge in [0, 0.05) is 17.7 Å². The normalized spacial score (nSPS) is 10.8. The lowest BCUT2D eigenvalue weighted by Gasteiger charge is -2.01. The number of furan rings is 1. The fourth-order valence-corrected chi connectivity index (χ4v) is 2.09. The van der Waals surface area contributed by atoms with Crippen molar-refractivity contribution in [1.82, 2.24) is 5.16 Å². The highest BCUT2D eigenvalue weighted by Crippen LogP contribution is 2.21. The summed E-state index contributed by atoms with van der Waals surface area (Å²) in [4.78, 5) is 23.4. The fraction of sp³-hybridized carbons (Fsp3) is 0.105. The number of carbonyl (C=O) groups excluding carboxylic acids is 2. The molecule has 1 amide bonds. The van der Waals surface area contributed by atoms with Gasteiger partial charge in [-0.2, -0.15) is 0 Å². The number of aryl methyl sites for hydroxylation is 1. The zero-order chi connectivity index (χ0) is 18.4. The van der Waals surface area contributed by atoms with Crippen molar-refractivity contribution in [3.8, 4) is 11.3 Å². The third-order valence-corrected chi connectivity index (χ3v) is 3.39. The van der Waals surface area contributed by atoms with Gasteiger partial charge in [-0.15, -0.1) is 0 Å². The summed E-state index contributed by atoms with van der Waals surface area (Å²) in [5.41, 5.74) is 2.60. The molecule has 132 valence electrons. The first-order valence-electron chi connectivity index (χ1n) is 7.82. The van der Waals surface area contributed by atoms with Crippen LogP contribution in [0.1, 0.15) is 11.3 Å². The van der Waals surface area contributed by atoms with Gasteiger partial charge < -0.3 is 13.7 Å². The number of hydrogen-bond donors (Lipinski definition) is 1. The molecular weight excluding hydrogens is 336 g/mol. The number of nitrogens with one attached hydrogen (secondary N) is 1. The highest BCUT2D eigenvalue weighted by molar-refractivity contribution is 5.94. The average Bonchev–Trinajstić information content (AvgIpc) is 3.31. The van der Waals surface area contributed by atoms with Crippen LogP contribution in [0.15, 0.2) is 63.7 Å². The van der Waals surface area contributed by atoms with Gasteiger partial charge in [0.2, 0.25) is 5.88 Å². The molecule has 0 atom stereocenters.